The molecule has 1 unspecified atom stereocenters. The zero-order valence-corrected chi connectivity index (χ0v) is 9.92. The SMILES string of the molecule is Cc1ccsc1C(O)c1sccc1Cl. The molecule has 0 saturated heterocycles. The lowest BCUT2D eigenvalue weighted by atomic mass is 10.2. The summed E-state index contributed by atoms with van der Waals surface area (Å²) in [6.45, 7) is 2.00. The molecular formula is C10H9ClOS2. The maximum absolute atomic E-state index is 10.1. The van der Waals surface area contributed by atoms with Crippen molar-refractivity contribution in [3.05, 3.63) is 43.2 Å². The fraction of sp³-hybridized carbons (Fsp3) is 0.200. The zero-order valence-electron chi connectivity index (χ0n) is 7.53. The average molecular weight is 245 g/mol. The molecule has 1 atom stereocenters. The van der Waals surface area contributed by atoms with E-state index in [1.807, 2.05) is 29.8 Å². The Bertz CT molecular complexity index is 393. The van der Waals surface area contributed by atoms with Gasteiger partial charge in [0.15, 0.2) is 0 Å². The molecule has 0 aromatic carbocycles. The predicted molar refractivity (Wildman–Crippen MR) is 62.4 cm³/mol. The van der Waals surface area contributed by atoms with Crippen LogP contribution in [0.2, 0.25) is 5.02 Å². The van der Waals surface area contributed by atoms with Crippen molar-refractivity contribution in [3.8, 4) is 0 Å². The summed E-state index contributed by atoms with van der Waals surface area (Å²) in [5.74, 6) is 0. The molecule has 2 aromatic rings. The maximum atomic E-state index is 10.1. The van der Waals surface area contributed by atoms with Gasteiger partial charge in [0.2, 0.25) is 0 Å². The molecule has 1 N–H and O–H groups in total. The lowest BCUT2D eigenvalue weighted by Gasteiger charge is -2.08. The zero-order chi connectivity index (χ0) is 10.1. The van der Waals surface area contributed by atoms with Crippen LogP contribution >= 0.6 is 34.3 Å². The molecule has 74 valence electrons. The number of aliphatic hydroxyl groups is 1. The second kappa shape index (κ2) is 4.03. The van der Waals surface area contributed by atoms with E-state index in [4.69, 9.17) is 11.6 Å². The fourth-order valence-electron chi connectivity index (χ4n) is 1.28. The number of aryl methyl sites for hydroxylation is 1. The Morgan fingerprint density at radius 1 is 1.21 bits per heavy atom. The third kappa shape index (κ3) is 1.73. The lowest BCUT2D eigenvalue weighted by Crippen LogP contribution is -1.96. The molecular weight excluding hydrogens is 236 g/mol. The van der Waals surface area contributed by atoms with Gasteiger partial charge in [0.25, 0.3) is 0 Å². The van der Waals surface area contributed by atoms with Gasteiger partial charge >= 0.3 is 0 Å². The van der Waals surface area contributed by atoms with E-state index < -0.39 is 6.10 Å². The van der Waals surface area contributed by atoms with Crippen molar-refractivity contribution in [3.63, 3.8) is 0 Å². The van der Waals surface area contributed by atoms with Gasteiger partial charge in [-0.2, -0.15) is 0 Å². The molecule has 0 radical (unpaired) electrons. The Balaban J connectivity index is 2.38. The molecule has 4 heteroatoms. The summed E-state index contributed by atoms with van der Waals surface area (Å²) in [6, 6.07) is 3.82. The average Bonchev–Trinajstić information content (AvgIpc) is 2.73. The molecule has 0 bridgehead atoms. The first-order chi connectivity index (χ1) is 6.70. The summed E-state index contributed by atoms with van der Waals surface area (Å²) >= 11 is 9.01. The Morgan fingerprint density at radius 3 is 2.36 bits per heavy atom. The topological polar surface area (TPSA) is 20.2 Å². The number of hydrogen-bond donors (Lipinski definition) is 1. The van der Waals surface area contributed by atoms with Crippen molar-refractivity contribution in [2.24, 2.45) is 0 Å². The van der Waals surface area contributed by atoms with Crippen LogP contribution < -0.4 is 0 Å². The molecule has 2 heterocycles. The molecule has 0 amide bonds. The van der Waals surface area contributed by atoms with Crippen molar-refractivity contribution in [2.45, 2.75) is 13.0 Å². The van der Waals surface area contributed by atoms with Gasteiger partial charge in [0.1, 0.15) is 6.10 Å². The summed E-state index contributed by atoms with van der Waals surface area (Å²) in [5.41, 5.74) is 1.12. The highest BCUT2D eigenvalue weighted by molar-refractivity contribution is 7.12. The molecule has 2 rings (SSSR count). The Kier molecular flexibility index (Phi) is 2.93. The van der Waals surface area contributed by atoms with Gasteiger partial charge in [-0.25, -0.2) is 0 Å². The summed E-state index contributed by atoms with van der Waals surface area (Å²) < 4.78 is 0. The van der Waals surface area contributed by atoms with Crippen molar-refractivity contribution in [2.75, 3.05) is 0 Å². The minimum absolute atomic E-state index is 0.567. The van der Waals surface area contributed by atoms with E-state index in [0.29, 0.717) is 5.02 Å². The maximum Gasteiger partial charge on any atom is 0.124 e. The van der Waals surface area contributed by atoms with E-state index in [0.717, 1.165) is 15.3 Å². The second-order valence-electron chi connectivity index (χ2n) is 3.00. The minimum atomic E-state index is -0.567. The van der Waals surface area contributed by atoms with Crippen LogP contribution in [0.4, 0.5) is 0 Å². The Labute approximate surface area is 95.6 Å². The smallest absolute Gasteiger partial charge is 0.124 e. The van der Waals surface area contributed by atoms with E-state index >= 15 is 0 Å². The molecule has 0 spiro atoms. The van der Waals surface area contributed by atoms with Gasteiger partial charge in [-0.1, -0.05) is 11.6 Å². The van der Waals surface area contributed by atoms with Gasteiger partial charge in [0, 0.05) is 4.88 Å². The van der Waals surface area contributed by atoms with Gasteiger partial charge in [-0.3, -0.25) is 0 Å². The molecule has 0 aliphatic carbocycles. The molecule has 1 nitrogen and oxygen atoms in total. The monoisotopic (exact) mass is 244 g/mol. The van der Waals surface area contributed by atoms with Crippen LogP contribution in [0.1, 0.15) is 21.4 Å². The van der Waals surface area contributed by atoms with Crippen LogP contribution in [0.5, 0.6) is 0 Å². The standard InChI is InChI=1S/C10H9ClOS2/c1-6-2-4-13-9(6)8(12)10-7(11)3-5-14-10/h2-5,8,12H,1H3. The van der Waals surface area contributed by atoms with Crippen molar-refractivity contribution < 1.29 is 5.11 Å². The molecule has 0 fully saturated rings. The predicted octanol–water partition coefficient (Wildman–Crippen LogP) is 3.85. The summed E-state index contributed by atoms with van der Waals surface area (Å²) in [4.78, 5) is 1.81. The van der Waals surface area contributed by atoms with E-state index in [2.05, 4.69) is 0 Å². The first-order valence-electron chi connectivity index (χ1n) is 4.15. The Morgan fingerprint density at radius 2 is 1.86 bits per heavy atom. The number of aliphatic hydroxyl groups excluding tert-OH is 1. The van der Waals surface area contributed by atoms with Crippen LogP contribution in [-0.4, -0.2) is 5.11 Å². The third-order valence-electron chi connectivity index (χ3n) is 2.04. The van der Waals surface area contributed by atoms with E-state index in [1.165, 1.54) is 11.3 Å². The van der Waals surface area contributed by atoms with Crippen LogP contribution in [0.3, 0.4) is 0 Å². The highest BCUT2D eigenvalue weighted by Gasteiger charge is 2.17. The molecule has 0 aliphatic rings. The summed E-state index contributed by atoms with van der Waals surface area (Å²) in [5, 5.41) is 14.6. The quantitative estimate of drug-likeness (QED) is 0.851. The van der Waals surface area contributed by atoms with Crippen LogP contribution in [0.15, 0.2) is 22.9 Å². The number of thiophene rings is 2. The fourth-order valence-corrected chi connectivity index (χ4v) is 3.43. The van der Waals surface area contributed by atoms with Crippen LogP contribution in [-0.2, 0) is 0 Å². The summed E-state index contributed by atoms with van der Waals surface area (Å²) in [6.07, 6.45) is -0.567. The number of hydrogen-bond acceptors (Lipinski definition) is 3. The van der Waals surface area contributed by atoms with Gasteiger partial charge in [-0.15, -0.1) is 22.7 Å². The normalized spacial score (nSPS) is 13.1. The molecule has 0 aliphatic heterocycles. The van der Waals surface area contributed by atoms with Crippen LogP contribution in [0, 0.1) is 6.92 Å². The van der Waals surface area contributed by atoms with Crippen molar-refractivity contribution >= 4 is 34.3 Å². The molecule has 14 heavy (non-hydrogen) atoms. The van der Waals surface area contributed by atoms with E-state index in [1.54, 1.807) is 11.3 Å². The van der Waals surface area contributed by atoms with Crippen molar-refractivity contribution in [1.82, 2.24) is 0 Å². The largest absolute Gasteiger partial charge is 0.382 e. The van der Waals surface area contributed by atoms with Gasteiger partial charge < -0.3 is 5.11 Å². The van der Waals surface area contributed by atoms with E-state index in [9.17, 15) is 5.11 Å². The second-order valence-corrected chi connectivity index (χ2v) is 5.31. The number of rotatable bonds is 2. The van der Waals surface area contributed by atoms with Gasteiger partial charge in [0.05, 0.1) is 9.90 Å². The highest BCUT2D eigenvalue weighted by Crippen LogP contribution is 2.36. The third-order valence-corrected chi connectivity index (χ3v) is 4.53. The van der Waals surface area contributed by atoms with Gasteiger partial charge in [-0.05, 0) is 35.4 Å². The highest BCUT2D eigenvalue weighted by atomic mass is 35.5. The number of halogens is 1. The van der Waals surface area contributed by atoms with Crippen LogP contribution in [0.25, 0.3) is 0 Å². The van der Waals surface area contributed by atoms with E-state index in [-0.39, 0.29) is 0 Å². The molecule has 2 aromatic heterocycles. The lowest BCUT2D eigenvalue weighted by molar-refractivity contribution is 0.227. The first kappa shape index (κ1) is 10.2. The first-order valence-corrected chi connectivity index (χ1v) is 6.29. The van der Waals surface area contributed by atoms with Crippen molar-refractivity contribution in [1.29, 1.82) is 0 Å². The minimum Gasteiger partial charge on any atom is -0.382 e. The summed E-state index contributed by atoms with van der Waals surface area (Å²) in [7, 11) is 0. The Hall–Kier alpha value is -0.350. The molecule has 0 saturated carbocycles.